The van der Waals surface area contributed by atoms with E-state index in [1.807, 2.05) is 51.4 Å². The van der Waals surface area contributed by atoms with Crippen LogP contribution in [0.15, 0.2) is 48.8 Å². The third-order valence-corrected chi connectivity index (χ3v) is 10.1. The number of carbonyl (C=O) groups is 2. The van der Waals surface area contributed by atoms with E-state index in [1.165, 1.54) is 0 Å². The Hall–Kier alpha value is -4.28. The summed E-state index contributed by atoms with van der Waals surface area (Å²) in [6.07, 6.45) is 3.81. The van der Waals surface area contributed by atoms with Gasteiger partial charge in [0.25, 0.3) is 5.91 Å². The molecule has 2 amide bonds. The number of rotatable bonds is 7. The molecule has 0 bridgehead atoms. The van der Waals surface area contributed by atoms with Gasteiger partial charge in [0.05, 0.1) is 36.2 Å². The summed E-state index contributed by atoms with van der Waals surface area (Å²) in [5.74, 6) is 0.687. The van der Waals surface area contributed by atoms with E-state index in [1.54, 1.807) is 7.05 Å². The Morgan fingerprint density at radius 2 is 1.80 bits per heavy atom. The van der Waals surface area contributed by atoms with Gasteiger partial charge in [-0.15, -0.1) is 0 Å². The van der Waals surface area contributed by atoms with Crippen LogP contribution in [-0.2, 0) is 14.9 Å². The number of benzene rings is 2. The number of pyridine rings is 1. The van der Waals surface area contributed by atoms with E-state index >= 15 is 0 Å². The normalized spacial score (nSPS) is 21.0. The van der Waals surface area contributed by atoms with Crippen LogP contribution in [0.5, 0.6) is 0 Å². The summed E-state index contributed by atoms with van der Waals surface area (Å²) in [4.78, 5) is 40.9. The van der Waals surface area contributed by atoms with Crippen molar-refractivity contribution in [3.8, 4) is 11.3 Å². The van der Waals surface area contributed by atoms with Crippen molar-refractivity contribution in [2.75, 3.05) is 43.6 Å². The first-order valence-corrected chi connectivity index (χ1v) is 16.3. The minimum Gasteiger partial charge on any atom is -0.379 e. The maximum Gasteiger partial charge on any atom is 0.251 e. The summed E-state index contributed by atoms with van der Waals surface area (Å²) in [7, 11) is 1.64. The number of fused-ring (bicyclic) bond motifs is 2. The summed E-state index contributed by atoms with van der Waals surface area (Å²) in [5.41, 5.74) is 7.12. The lowest BCUT2D eigenvalue weighted by molar-refractivity contribution is -0.123. The molecule has 0 radical (unpaired) electrons. The van der Waals surface area contributed by atoms with Crippen LogP contribution in [0.25, 0.3) is 22.3 Å². The number of morpholine rings is 1. The fourth-order valence-corrected chi connectivity index (χ4v) is 7.22. The first kappa shape index (κ1) is 30.4. The van der Waals surface area contributed by atoms with Crippen molar-refractivity contribution in [1.82, 2.24) is 24.8 Å². The number of amides is 2. The van der Waals surface area contributed by atoms with Crippen LogP contribution in [0, 0.1) is 6.92 Å². The third kappa shape index (κ3) is 5.04. The largest absolute Gasteiger partial charge is 0.379 e. The van der Waals surface area contributed by atoms with Gasteiger partial charge in [0.15, 0.2) is 5.82 Å². The van der Waals surface area contributed by atoms with Crippen molar-refractivity contribution in [3.63, 3.8) is 0 Å². The molecule has 10 nitrogen and oxygen atoms in total. The van der Waals surface area contributed by atoms with Gasteiger partial charge >= 0.3 is 0 Å². The summed E-state index contributed by atoms with van der Waals surface area (Å²) in [5, 5.41) is 6.24. The molecule has 0 unspecified atom stereocenters. The lowest BCUT2D eigenvalue weighted by atomic mass is 9.83. The number of nitrogens with one attached hydrogen (secondary N) is 2. The zero-order valence-electron chi connectivity index (χ0n) is 27.6. The minimum absolute atomic E-state index is 0.136. The molecule has 7 rings (SSSR count). The molecular formula is C36H43N7O3. The Labute approximate surface area is 270 Å². The van der Waals surface area contributed by atoms with Gasteiger partial charge in [-0.2, -0.15) is 0 Å². The molecule has 2 aromatic heterocycles. The van der Waals surface area contributed by atoms with Gasteiger partial charge in [-0.05, 0) is 82.9 Å². The zero-order chi connectivity index (χ0) is 32.3. The Balaban J connectivity index is 1.26. The Kier molecular flexibility index (Phi) is 7.60. The van der Waals surface area contributed by atoms with E-state index in [0.29, 0.717) is 17.4 Å². The highest BCUT2D eigenvalue weighted by molar-refractivity contribution is 6.09. The van der Waals surface area contributed by atoms with Crippen LogP contribution >= 0.6 is 0 Å². The number of nitrogens with zero attached hydrogens (tertiary/aromatic N) is 5. The number of aryl methyl sites for hydroxylation is 1. The Morgan fingerprint density at radius 1 is 1.04 bits per heavy atom. The molecule has 1 saturated carbocycles. The Bertz CT molecular complexity index is 1830. The molecule has 0 spiro atoms. The standard InChI is InChI=1S/C36H43N7O3/c1-21(2)42-20-38-30-19-29(40-33(32(30)42)39-24-9-7-22(3)27(16-24)34(44)37-6)23-8-10-28-31(15-23)43(35(45)36(28,4)5)26-17-25(18-26)41-11-13-46-14-12-41/h7-10,15-16,19-21,25-26H,11-14,17-18H2,1-6H3,(H,37,44)(H,39,40)/t25-,26+. The van der Waals surface area contributed by atoms with Gasteiger partial charge < -0.3 is 24.8 Å². The van der Waals surface area contributed by atoms with Gasteiger partial charge in [-0.25, -0.2) is 9.97 Å². The summed E-state index contributed by atoms with van der Waals surface area (Å²) < 4.78 is 7.66. The molecule has 0 atom stereocenters. The number of aromatic nitrogens is 3. The van der Waals surface area contributed by atoms with E-state index in [4.69, 9.17) is 14.7 Å². The zero-order valence-corrected chi connectivity index (χ0v) is 27.6. The second-order valence-corrected chi connectivity index (χ2v) is 13.7. The highest BCUT2D eigenvalue weighted by Gasteiger charge is 2.50. The van der Waals surface area contributed by atoms with Crippen LogP contribution < -0.4 is 15.5 Å². The quantitative estimate of drug-likeness (QED) is 0.278. The van der Waals surface area contributed by atoms with E-state index in [2.05, 4.69) is 57.0 Å². The minimum atomic E-state index is -0.591. The number of hydrogen-bond acceptors (Lipinski definition) is 7. The molecule has 4 heterocycles. The monoisotopic (exact) mass is 621 g/mol. The number of hydrogen-bond donors (Lipinski definition) is 2. The van der Waals surface area contributed by atoms with Crippen LogP contribution in [0.3, 0.4) is 0 Å². The SMILES string of the molecule is CNC(=O)c1cc(Nc2nc(-c3ccc4c(c3)N([C@H]3C[C@@H](N5CCOCC5)C3)C(=O)C4(C)C)cc3ncn(C(C)C)c23)ccc1C. The van der Waals surface area contributed by atoms with Crippen molar-refractivity contribution in [2.24, 2.45) is 0 Å². The second kappa shape index (κ2) is 11.5. The number of anilines is 3. The van der Waals surface area contributed by atoms with Crippen molar-refractivity contribution in [1.29, 1.82) is 0 Å². The number of ether oxygens (including phenoxy) is 1. The first-order valence-electron chi connectivity index (χ1n) is 16.3. The highest BCUT2D eigenvalue weighted by atomic mass is 16.5. The molecule has 2 fully saturated rings. The fourth-order valence-electron chi connectivity index (χ4n) is 7.22. The predicted octanol–water partition coefficient (Wildman–Crippen LogP) is 5.58. The summed E-state index contributed by atoms with van der Waals surface area (Å²) in [6.45, 7) is 13.7. The average Bonchev–Trinajstić information content (AvgIpc) is 3.55. The molecule has 2 aliphatic heterocycles. The molecular weight excluding hydrogens is 578 g/mol. The van der Waals surface area contributed by atoms with Crippen molar-refractivity contribution >= 4 is 40.0 Å². The maximum absolute atomic E-state index is 13.9. The summed E-state index contributed by atoms with van der Waals surface area (Å²) >= 11 is 0. The van der Waals surface area contributed by atoms with Gasteiger partial charge in [0, 0.05) is 60.8 Å². The molecule has 4 aromatic rings. The Morgan fingerprint density at radius 3 is 2.52 bits per heavy atom. The van der Waals surface area contributed by atoms with Crippen molar-refractivity contribution in [2.45, 2.75) is 71.0 Å². The van der Waals surface area contributed by atoms with E-state index < -0.39 is 5.41 Å². The molecule has 10 heteroatoms. The smallest absolute Gasteiger partial charge is 0.251 e. The predicted molar refractivity (Wildman–Crippen MR) is 181 cm³/mol. The van der Waals surface area contributed by atoms with Gasteiger partial charge in [-0.1, -0.05) is 18.2 Å². The third-order valence-electron chi connectivity index (χ3n) is 10.1. The van der Waals surface area contributed by atoms with Gasteiger partial charge in [0.2, 0.25) is 5.91 Å². The van der Waals surface area contributed by atoms with Crippen LogP contribution in [0.2, 0.25) is 0 Å². The molecule has 240 valence electrons. The number of imidazole rings is 1. The first-order chi connectivity index (χ1) is 22.1. The van der Waals surface area contributed by atoms with Crippen molar-refractivity contribution < 1.29 is 14.3 Å². The maximum atomic E-state index is 13.9. The topological polar surface area (TPSA) is 105 Å². The molecule has 2 N–H and O–H groups in total. The molecule has 3 aliphatic rings. The molecule has 46 heavy (non-hydrogen) atoms. The van der Waals surface area contributed by atoms with Crippen LogP contribution in [0.4, 0.5) is 17.2 Å². The van der Waals surface area contributed by atoms with Crippen molar-refractivity contribution in [3.05, 3.63) is 65.5 Å². The molecule has 1 aliphatic carbocycles. The van der Waals surface area contributed by atoms with Gasteiger partial charge in [0.1, 0.15) is 5.52 Å². The van der Waals surface area contributed by atoms with E-state index in [9.17, 15) is 9.59 Å². The van der Waals surface area contributed by atoms with E-state index in [0.717, 1.165) is 83.9 Å². The lowest BCUT2D eigenvalue weighted by Gasteiger charge is -2.47. The average molecular weight is 622 g/mol. The number of carbonyl (C=O) groups excluding carboxylic acids is 2. The molecule has 2 aromatic carbocycles. The molecule has 1 saturated heterocycles. The lowest BCUT2D eigenvalue weighted by Crippen LogP contribution is -2.58. The second-order valence-electron chi connectivity index (χ2n) is 13.7. The fraction of sp³-hybridized carbons (Fsp3) is 0.444. The van der Waals surface area contributed by atoms with E-state index in [-0.39, 0.29) is 23.9 Å². The van der Waals surface area contributed by atoms with Crippen LogP contribution in [0.1, 0.15) is 68.1 Å². The summed E-state index contributed by atoms with van der Waals surface area (Å²) in [6, 6.07) is 14.9. The highest BCUT2D eigenvalue weighted by Crippen LogP contribution is 2.47. The van der Waals surface area contributed by atoms with Crippen LogP contribution in [-0.4, -0.2) is 76.7 Å². The van der Waals surface area contributed by atoms with Gasteiger partial charge in [-0.3, -0.25) is 14.5 Å².